The van der Waals surface area contributed by atoms with Gasteiger partial charge in [-0.3, -0.25) is 15.1 Å². The fraction of sp³-hybridized carbons (Fsp3) is 0.741. The molecule has 0 saturated heterocycles. The summed E-state index contributed by atoms with van der Waals surface area (Å²) in [7, 11) is 0. The second-order valence-electron chi connectivity index (χ2n) is 11.9. The van der Waals surface area contributed by atoms with Crippen molar-refractivity contribution >= 4 is 11.9 Å². The lowest BCUT2D eigenvalue weighted by molar-refractivity contribution is -0.384. The van der Waals surface area contributed by atoms with Crippen LogP contribution in [0.25, 0.3) is 0 Å². The van der Waals surface area contributed by atoms with E-state index in [1.54, 1.807) is 0 Å². The number of aliphatic imine (C=N–C) groups is 1. The molecule has 0 aromatic heterocycles. The van der Waals surface area contributed by atoms with E-state index in [4.69, 9.17) is 0 Å². The number of benzene rings is 1. The first kappa shape index (κ1) is 22.8. The average molecular weight is 455 g/mol. The van der Waals surface area contributed by atoms with Gasteiger partial charge in [0.1, 0.15) is 5.75 Å². The van der Waals surface area contributed by atoms with Crippen molar-refractivity contribution < 1.29 is 15.1 Å². The zero-order chi connectivity index (χ0) is 23.4. The predicted octanol–water partition coefficient (Wildman–Crippen LogP) is 5.88. The third-order valence-corrected chi connectivity index (χ3v) is 10.7. The molecule has 2 N–H and O–H groups in total. The second kappa shape index (κ2) is 8.07. The van der Waals surface area contributed by atoms with E-state index in [1.165, 1.54) is 69.4 Å². The van der Waals surface area contributed by atoms with Gasteiger partial charge in [-0.2, -0.15) is 0 Å². The largest absolute Gasteiger partial charge is 0.507 e. The summed E-state index contributed by atoms with van der Waals surface area (Å²) < 4.78 is 0. The molecule has 1 aromatic rings. The minimum atomic E-state index is -0.861. The molecule has 0 amide bonds. The lowest BCUT2D eigenvalue weighted by atomic mass is 9.44. The SMILES string of the molecule is C[C@]12CCCCC1CCC1C2CC[C@@]2(C)C1CC[C@]2(O)CN=Cc1cc([N+](=O)[O-])ccc1O. The summed E-state index contributed by atoms with van der Waals surface area (Å²) >= 11 is 0. The van der Waals surface area contributed by atoms with E-state index >= 15 is 0 Å². The summed E-state index contributed by atoms with van der Waals surface area (Å²) in [6.45, 7) is 5.14. The Morgan fingerprint density at radius 1 is 1.09 bits per heavy atom. The second-order valence-corrected chi connectivity index (χ2v) is 11.9. The van der Waals surface area contributed by atoms with Crippen molar-refractivity contribution in [1.82, 2.24) is 0 Å². The maximum atomic E-state index is 11.8. The van der Waals surface area contributed by atoms with E-state index in [-0.39, 0.29) is 23.4 Å². The number of aromatic hydroxyl groups is 1. The molecule has 180 valence electrons. The van der Waals surface area contributed by atoms with Crippen molar-refractivity contribution in [2.45, 2.75) is 83.7 Å². The summed E-state index contributed by atoms with van der Waals surface area (Å²) in [4.78, 5) is 15.1. The smallest absolute Gasteiger partial charge is 0.270 e. The molecule has 4 aliphatic rings. The highest BCUT2D eigenvalue weighted by Crippen LogP contribution is 2.68. The van der Waals surface area contributed by atoms with Crippen LogP contribution < -0.4 is 0 Å². The first-order valence-electron chi connectivity index (χ1n) is 12.9. The lowest BCUT2D eigenvalue weighted by Gasteiger charge is -2.61. The Balaban J connectivity index is 1.34. The first-order chi connectivity index (χ1) is 15.7. The minimum absolute atomic E-state index is 0.0372. The Hall–Kier alpha value is -1.95. The molecule has 1 aromatic carbocycles. The van der Waals surface area contributed by atoms with Gasteiger partial charge in [-0.25, -0.2) is 0 Å². The number of phenolic OH excluding ortho intramolecular Hbond substituents is 1. The van der Waals surface area contributed by atoms with Crippen LogP contribution in [0.5, 0.6) is 5.75 Å². The van der Waals surface area contributed by atoms with E-state index < -0.39 is 10.5 Å². The maximum absolute atomic E-state index is 11.8. The van der Waals surface area contributed by atoms with Gasteiger partial charge in [0, 0.05) is 29.3 Å². The number of nitro benzene ring substituents is 1. The fourth-order valence-corrected chi connectivity index (χ4v) is 8.72. The molecule has 0 spiro atoms. The zero-order valence-electron chi connectivity index (χ0n) is 20.0. The molecule has 6 heteroatoms. The van der Waals surface area contributed by atoms with Crippen molar-refractivity contribution in [1.29, 1.82) is 0 Å². The molecule has 4 aliphatic carbocycles. The number of nitrogens with zero attached hydrogens (tertiary/aromatic N) is 2. The van der Waals surface area contributed by atoms with Gasteiger partial charge in [0.2, 0.25) is 0 Å². The summed E-state index contributed by atoms with van der Waals surface area (Å²) in [6.07, 6.45) is 13.8. The Morgan fingerprint density at radius 3 is 2.67 bits per heavy atom. The van der Waals surface area contributed by atoms with Crippen molar-refractivity contribution in [3.8, 4) is 5.75 Å². The maximum Gasteiger partial charge on any atom is 0.270 e. The number of hydrogen-bond acceptors (Lipinski definition) is 5. The topological polar surface area (TPSA) is 96.0 Å². The molecule has 33 heavy (non-hydrogen) atoms. The molecule has 5 rings (SSSR count). The minimum Gasteiger partial charge on any atom is -0.507 e. The van der Waals surface area contributed by atoms with Gasteiger partial charge in [-0.1, -0.05) is 26.7 Å². The van der Waals surface area contributed by atoms with E-state index in [2.05, 4.69) is 18.8 Å². The van der Waals surface area contributed by atoms with Crippen LogP contribution in [0.3, 0.4) is 0 Å². The van der Waals surface area contributed by atoms with Gasteiger partial charge < -0.3 is 10.2 Å². The number of rotatable bonds is 4. The lowest BCUT2D eigenvalue weighted by Crippen LogP contribution is -2.56. The highest BCUT2D eigenvalue weighted by atomic mass is 16.6. The van der Waals surface area contributed by atoms with Crippen LogP contribution >= 0.6 is 0 Å². The molecule has 0 heterocycles. The van der Waals surface area contributed by atoms with Crippen molar-refractivity contribution in [2.75, 3.05) is 6.54 Å². The standard InChI is InChI=1S/C27H38N2O4/c1-25-12-4-3-5-19(25)6-8-21-22(25)10-13-26(2)23(21)11-14-27(26,31)17-28-16-18-15-20(29(32)33)7-9-24(18)30/h7,9,15-16,19,21-23,30-31H,3-6,8,10-14,17H2,1-2H3/t19?,21?,22?,23?,25-,26-,27-/m0/s1. The van der Waals surface area contributed by atoms with E-state index in [9.17, 15) is 20.3 Å². The van der Waals surface area contributed by atoms with Gasteiger partial charge in [0.25, 0.3) is 5.69 Å². The molecule has 6 nitrogen and oxygen atoms in total. The predicted molar refractivity (Wildman–Crippen MR) is 129 cm³/mol. The van der Waals surface area contributed by atoms with E-state index in [1.807, 2.05) is 0 Å². The zero-order valence-corrected chi connectivity index (χ0v) is 20.0. The summed E-state index contributed by atoms with van der Waals surface area (Å²) in [5, 5.41) is 33.0. The average Bonchev–Trinajstić information content (AvgIpc) is 3.05. The molecule has 4 saturated carbocycles. The van der Waals surface area contributed by atoms with Crippen LogP contribution in [-0.2, 0) is 0 Å². The number of non-ortho nitro benzene ring substituents is 1. The highest BCUT2D eigenvalue weighted by Gasteiger charge is 2.64. The van der Waals surface area contributed by atoms with Gasteiger partial charge in [-0.05, 0) is 86.5 Å². The molecular formula is C27H38N2O4. The van der Waals surface area contributed by atoms with Gasteiger partial charge >= 0.3 is 0 Å². The number of fused-ring (bicyclic) bond motifs is 5. The normalized spacial score (nSPS) is 42.5. The molecule has 7 atom stereocenters. The first-order valence-corrected chi connectivity index (χ1v) is 12.9. The van der Waals surface area contributed by atoms with Crippen molar-refractivity contribution in [3.63, 3.8) is 0 Å². The Morgan fingerprint density at radius 2 is 1.88 bits per heavy atom. The molecule has 0 radical (unpaired) electrons. The number of aliphatic hydroxyl groups is 1. The summed E-state index contributed by atoms with van der Waals surface area (Å²) in [5.74, 6) is 2.90. The molecule has 0 bridgehead atoms. The fourth-order valence-electron chi connectivity index (χ4n) is 8.72. The van der Waals surface area contributed by atoms with Crippen LogP contribution in [0.1, 0.15) is 83.6 Å². The van der Waals surface area contributed by atoms with E-state index in [0.29, 0.717) is 22.8 Å². The molecular weight excluding hydrogens is 416 g/mol. The number of phenols is 1. The molecule has 0 aliphatic heterocycles. The Bertz CT molecular complexity index is 963. The quantitative estimate of drug-likeness (QED) is 0.337. The van der Waals surface area contributed by atoms with Gasteiger partial charge in [-0.15, -0.1) is 0 Å². The monoisotopic (exact) mass is 454 g/mol. The Labute approximate surface area is 196 Å². The molecule has 4 fully saturated rings. The van der Waals surface area contributed by atoms with Crippen molar-refractivity contribution in [2.24, 2.45) is 39.5 Å². The summed E-state index contributed by atoms with van der Waals surface area (Å²) in [5.41, 5.74) is -0.278. The number of hydrogen-bond donors (Lipinski definition) is 2. The van der Waals surface area contributed by atoms with Crippen LogP contribution in [-0.4, -0.2) is 33.5 Å². The Kier molecular flexibility index (Phi) is 5.58. The summed E-state index contributed by atoms with van der Waals surface area (Å²) in [6, 6.07) is 3.93. The van der Waals surface area contributed by atoms with Gasteiger partial charge in [0.15, 0.2) is 0 Å². The van der Waals surface area contributed by atoms with Crippen molar-refractivity contribution in [3.05, 3.63) is 33.9 Å². The number of nitro groups is 1. The molecule has 4 unspecified atom stereocenters. The van der Waals surface area contributed by atoms with Crippen LogP contribution in [0.15, 0.2) is 23.2 Å². The van der Waals surface area contributed by atoms with Gasteiger partial charge in [0.05, 0.1) is 17.1 Å². The van der Waals surface area contributed by atoms with Crippen LogP contribution in [0, 0.1) is 44.6 Å². The van der Waals surface area contributed by atoms with Crippen LogP contribution in [0.4, 0.5) is 5.69 Å². The van der Waals surface area contributed by atoms with E-state index in [0.717, 1.165) is 31.1 Å². The third-order valence-electron chi connectivity index (χ3n) is 10.7. The highest BCUT2D eigenvalue weighted by molar-refractivity contribution is 5.84. The van der Waals surface area contributed by atoms with Crippen LogP contribution in [0.2, 0.25) is 0 Å². The third kappa shape index (κ3) is 3.51.